The number of aromatic nitrogens is 2. The van der Waals surface area contributed by atoms with Crippen LogP contribution in [0.5, 0.6) is 0 Å². The molecule has 0 bridgehead atoms. The number of thioether (sulfide) groups is 2. The lowest BCUT2D eigenvalue weighted by Gasteiger charge is -2.28. The minimum absolute atomic E-state index is 0.376. The van der Waals surface area contributed by atoms with Crippen molar-refractivity contribution in [2.24, 2.45) is 0 Å². The molecule has 2 heterocycles. The molecule has 1 aromatic carbocycles. The van der Waals surface area contributed by atoms with Crippen molar-refractivity contribution in [3.63, 3.8) is 0 Å². The third kappa shape index (κ3) is 4.11. The maximum atomic E-state index is 4.16. The number of nitrogens with zero attached hydrogens (tertiary/aromatic N) is 2. The van der Waals surface area contributed by atoms with Crippen LogP contribution in [0, 0.1) is 0 Å². The highest BCUT2D eigenvalue weighted by Gasteiger charge is 2.39. The Morgan fingerprint density at radius 1 is 1.27 bits per heavy atom. The molecule has 0 radical (unpaired) electrons. The van der Waals surface area contributed by atoms with Gasteiger partial charge < -0.3 is 4.57 Å². The molecule has 1 aromatic heterocycles. The van der Waals surface area contributed by atoms with Gasteiger partial charge in [0.2, 0.25) is 0 Å². The van der Waals surface area contributed by atoms with Gasteiger partial charge in [-0.15, -0.1) is 23.5 Å². The van der Waals surface area contributed by atoms with Crippen LogP contribution >= 0.6 is 23.5 Å². The largest absolute Gasteiger partial charge is 0.337 e. The second-order valence-corrected chi connectivity index (χ2v) is 9.25. The summed E-state index contributed by atoms with van der Waals surface area (Å²) >= 11 is 4.42. The zero-order valence-corrected chi connectivity index (χ0v) is 14.8. The number of hydrogen-bond donors (Lipinski definition) is 0. The molecule has 0 N–H and O–H groups in total. The first-order valence-electron chi connectivity index (χ1n) is 8.11. The van der Waals surface area contributed by atoms with E-state index in [1.165, 1.54) is 37.0 Å². The maximum Gasteiger partial charge on any atom is 0.0945 e. The molecule has 0 amide bonds. The van der Waals surface area contributed by atoms with Gasteiger partial charge >= 0.3 is 0 Å². The first-order valence-corrected chi connectivity index (χ1v) is 9.98. The van der Waals surface area contributed by atoms with Gasteiger partial charge in [0.05, 0.1) is 10.4 Å². The molecule has 2 atom stereocenters. The first kappa shape index (κ1) is 16.0. The van der Waals surface area contributed by atoms with Gasteiger partial charge in [0.25, 0.3) is 0 Å². The van der Waals surface area contributed by atoms with Crippen molar-refractivity contribution < 1.29 is 0 Å². The number of benzene rings is 1. The Kier molecular flexibility index (Phi) is 5.53. The topological polar surface area (TPSA) is 17.8 Å². The van der Waals surface area contributed by atoms with Crippen molar-refractivity contribution in [3.8, 4) is 0 Å². The van der Waals surface area contributed by atoms with Crippen molar-refractivity contribution in [2.45, 2.75) is 48.5 Å². The molecule has 2 unspecified atom stereocenters. The normalized spacial score (nSPS) is 24.7. The van der Waals surface area contributed by atoms with E-state index in [1.54, 1.807) is 0 Å². The highest BCUT2D eigenvalue weighted by Crippen LogP contribution is 2.53. The fraction of sp³-hybridized carbons (Fsp3) is 0.500. The lowest BCUT2D eigenvalue weighted by molar-refractivity contribution is 0.574. The van der Waals surface area contributed by atoms with Gasteiger partial charge in [-0.2, -0.15) is 0 Å². The Bertz CT molecular complexity index is 556. The molecular weight excluding hydrogens is 308 g/mol. The van der Waals surface area contributed by atoms with Crippen LogP contribution in [-0.2, 0) is 13.0 Å². The quantitative estimate of drug-likeness (QED) is 0.721. The Hall–Kier alpha value is -0.870. The van der Waals surface area contributed by atoms with E-state index in [1.807, 2.05) is 12.5 Å². The van der Waals surface area contributed by atoms with Gasteiger partial charge in [-0.3, -0.25) is 0 Å². The third-order valence-electron chi connectivity index (χ3n) is 4.32. The second-order valence-electron chi connectivity index (χ2n) is 5.91. The summed E-state index contributed by atoms with van der Waals surface area (Å²) < 4.78 is 2.59. The number of hydrogen-bond acceptors (Lipinski definition) is 3. The van der Waals surface area contributed by atoms with Crippen LogP contribution in [0.1, 0.15) is 31.7 Å². The molecule has 0 spiro atoms. The minimum Gasteiger partial charge on any atom is -0.337 e. The molecule has 1 aliphatic heterocycles. The van der Waals surface area contributed by atoms with Crippen LogP contribution in [0.2, 0.25) is 0 Å². The van der Waals surface area contributed by atoms with E-state index in [9.17, 15) is 0 Å². The summed E-state index contributed by atoms with van der Waals surface area (Å²) in [5.74, 6) is 1.31. The molecular formula is C18H24N2S2. The second kappa shape index (κ2) is 7.60. The molecule has 1 fully saturated rings. The van der Waals surface area contributed by atoms with E-state index >= 15 is 0 Å². The van der Waals surface area contributed by atoms with Gasteiger partial charge in [0.15, 0.2) is 0 Å². The monoisotopic (exact) mass is 332 g/mol. The molecule has 118 valence electrons. The summed E-state index contributed by atoms with van der Waals surface area (Å²) in [6.45, 7) is 3.40. The maximum absolute atomic E-state index is 4.16. The van der Waals surface area contributed by atoms with E-state index in [0.717, 1.165) is 11.8 Å². The number of rotatable bonds is 7. The summed E-state index contributed by atoms with van der Waals surface area (Å²) in [5, 5.41) is 0.823. The fourth-order valence-corrected chi connectivity index (χ4v) is 6.67. The molecule has 0 saturated carbocycles. The highest BCUT2D eigenvalue weighted by atomic mass is 32.2. The Balaban J connectivity index is 1.64. The van der Waals surface area contributed by atoms with Gasteiger partial charge in [-0.05, 0) is 31.2 Å². The van der Waals surface area contributed by atoms with Crippen molar-refractivity contribution in [2.75, 3.05) is 5.75 Å². The first-order chi connectivity index (χ1) is 10.8. The van der Waals surface area contributed by atoms with Gasteiger partial charge in [0.1, 0.15) is 0 Å². The van der Waals surface area contributed by atoms with E-state index < -0.39 is 0 Å². The Morgan fingerprint density at radius 2 is 2.14 bits per heavy atom. The predicted molar refractivity (Wildman–Crippen MR) is 98.5 cm³/mol. The summed E-state index contributed by atoms with van der Waals surface area (Å²) in [6.07, 6.45) is 10.8. The Morgan fingerprint density at radius 3 is 2.82 bits per heavy atom. The fourth-order valence-electron chi connectivity index (χ4n) is 2.90. The van der Waals surface area contributed by atoms with Crippen molar-refractivity contribution in [3.05, 3.63) is 54.6 Å². The van der Waals surface area contributed by atoms with Gasteiger partial charge in [-0.1, -0.05) is 37.3 Å². The van der Waals surface area contributed by atoms with Crippen LogP contribution in [0.4, 0.5) is 0 Å². The van der Waals surface area contributed by atoms with Gasteiger partial charge in [-0.25, -0.2) is 4.98 Å². The van der Waals surface area contributed by atoms with E-state index in [4.69, 9.17) is 0 Å². The third-order valence-corrected chi connectivity index (χ3v) is 8.34. The molecule has 2 aromatic rings. The van der Waals surface area contributed by atoms with E-state index in [2.05, 4.69) is 76.5 Å². The van der Waals surface area contributed by atoms with Crippen LogP contribution in [0.25, 0.3) is 0 Å². The van der Waals surface area contributed by atoms with Crippen molar-refractivity contribution in [1.29, 1.82) is 0 Å². The highest BCUT2D eigenvalue weighted by molar-refractivity contribution is 8.21. The number of aryl methyl sites for hydroxylation is 2. The predicted octanol–water partition coefficient (Wildman–Crippen LogP) is 4.86. The Labute approximate surface area is 142 Å². The molecule has 2 nitrogen and oxygen atoms in total. The molecule has 3 rings (SSSR count). The lowest BCUT2D eigenvalue weighted by atomic mass is 10.1. The minimum atomic E-state index is 0.376. The number of imidazole rings is 1. The smallest absolute Gasteiger partial charge is 0.0945 e. The summed E-state index contributed by atoms with van der Waals surface area (Å²) in [7, 11) is 0. The van der Waals surface area contributed by atoms with Crippen LogP contribution in [-0.4, -0.2) is 24.6 Å². The molecule has 0 aliphatic carbocycles. The van der Waals surface area contributed by atoms with E-state index in [0.29, 0.717) is 4.08 Å². The van der Waals surface area contributed by atoms with E-state index in [-0.39, 0.29) is 0 Å². The summed E-state index contributed by atoms with van der Waals surface area (Å²) in [6, 6.07) is 10.9. The van der Waals surface area contributed by atoms with Gasteiger partial charge in [0, 0.05) is 29.9 Å². The molecule has 22 heavy (non-hydrogen) atoms. The summed E-state index contributed by atoms with van der Waals surface area (Å²) in [4.78, 5) is 4.16. The molecule has 1 saturated heterocycles. The SMILES string of the molecule is CCC1CSC(CCc2ccccc2)(CCn2ccnc2)S1. The molecule has 4 heteroatoms. The molecule has 1 aliphatic rings. The lowest BCUT2D eigenvalue weighted by Crippen LogP contribution is -2.21. The average molecular weight is 333 g/mol. The standard InChI is InChI=1S/C18H24N2S2/c1-2-17-14-21-18(22-17,10-12-20-13-11-19-15-20)9-8-16-6-4-3-5-7-16/h3-7,11,13,15,17H,2,8-10,12,14H2,1H3. The zero-order chi connectivity index (χ0) is 15.3. The average Bonchev–Trinajstić information content (AvgIpc) is 3.22. The zero-order valence-electron chi connectivity index (χ0n) is 13.1. The van der Waals surface area contributed by atoms with Crippen LogP contribution in [0.15, 0.2) is 49.1 Å². The summed E-state index contributed by atoms with van der Waals surface area (Å²) in [5.41, 5.74) is 1.46. The van der Waals surface area contributed by atoms with Crippen molar-refractivity contribution >= 4 is 23.5 Å². The van der Waals surface area contributed by atoms with Crippen molar-refractivity contribution in [1.82, 2.24) is 9.55 Å². The van der Waals surface area contributed by atoms with Crippen LogP contribution in [0.3, 0.4) is 0 Å². The van der Waals surface area contributed by atoms with Crippen LogP contribution < -0.4 is 0 Å².